The summed E-state index contributed by atoms with van der Waals surface area (Å²) in [7, 11) is -1.73. The summed E-state index contributed by atoms with van der Waals surface area (Å²) < 4.78 is 143. The molecule has 4 N–H and O–H groups in total. The standard InChI is InChI=1S/C16H14F3N.C11H9BrF3NO.C7H6BF3O2.C2HF3O2/c17-16(18,19)15-5-3-11(4-6-15)13-2-1-12-7-8-20-10-14(12)9-13;12-9-2-1-7-3-4-16(6-8(7)5-9)10(17)11(13,14)15;9-7(10,11)5-1-3-6(4-2-5)8(12)13;3-2(4,5)1(6)7/h1-6,9,20H,7-8,10H2;1-2,5H,3-4,6H2;1-4,12-13H;(H,6,7). The van der Waals surface area contributed by atoms with Gasteiger partial charge in [0.1, 0.15) is 0 Å². The van der Waals surface area contributed by atoms with Crippen LogP contribution in [0, 0.1) is 0 Å². The number of carbonyl (C=O) groups is 2. The van der Waals surface area contributed by atoms with Crippen LogP contribution in [0.15, 0.2) is 89.4 Å². The van der Waals surface area contributed by atoms with Crippen molar-refractivity contribution in [1.29, 1.82) is 0 Å². The molecule has 2 heterocycles. The van der Waals surface area contributed by atoms with E-state index in [0.717, 1.165) is 87.5 Å². The summed E-state index contributed by atoms with van der Waals surface area (Å²) >= 11 is 3.26. The van der Waals surface area contributed by atoms with Gasteiger partial charge in [0.05, 0.1) is 11.1 Å². The highest BCUT2D eigenvalue weighted by Crippen LogP contribution is 2.32. The Bertz CT molecular complexity index is 1970. The smallest absolute Gasteiger partial charge is 0.475 e. The molecule has 0 spiro atoms. The molecule has 2 aliphatic rings. The largest absolute Gasteiger partial charge is 0.490 e. The maximum atomic E-state index is 12.5. The Labute approximate surface area is 325 Å². The predicted molar refractivity (Wildman–Crippen MR) is 187 cm³/mol. The number of rotatable bonds is 2. The molecule has 0 aromatic heterocycles. The molecule has 2 aliphatic heterocycles. The summed E-state index contributed by atoms with van der Waals surface area (Å²) in [6.07, 6.45) is -17.1. The number of benzene rings is 4. The summed E-state index contributed by atoms with van der Waals surface area (Å²) in [6.45, 7) is 1.94. The Hall–Kier alpha value is -4.60. The van der Waals surface area contributed by atoms with E-state index in [9.17, 15) is 57.5 Å². The minimum absolute atomic E-state index is 0.0209. The van der Waals surface area contributed by atoms with E-state index in [-0.39, 0.29) is 18.6 Å². The van der Waals surface area contributed by atoms with Gasteiger partial charge < -0.3 is 25.4 Å². The van der Waals surface area contributed by atoms with Crippen molar-refractivity contribution in [2.24, 2.45) is 0 Å². The van der Waals surface area contributed by atoms with Crippen LogP contribution in [0.4, 0.5) is 52.7 Å². The normalized spacial score (nSPS) is 13.9. The molecule has 57 heavy (non-hydrogen) atoms. The number of alkyl halides is 12. The summed E-state index contributed by atoms with van der Waals surface area (Å²) in [5.41, 5.74) is 4.70. The van der Waals surface area contributed by atoms with Gasteiger partial charge in [0.15, 0.2) is 0 Å². The summed E-state index contributed by atoms with van der Waals surface area (Å²) in [5, 5.41) is 27.6. The number of hydrogen-bond donors (Lipinski definition) is 4. The van der Waals surface area contributed by atoms with Crippen molar-refractivity contribution < 1.29 is 77.4 Å². The first kappa shape index (κ1) is 46.8. The lowest BCUT2D eigenvalue weighted by Gasteiger charge is -2.29. The lowest BCUT2D eigenvalue weighted by atomic mass is 9.80. The van der Waals surface area contributed by atoms with Gasteiger partial charge in [-0.15, -0.1) is 0 Å². The second kappa shape index (κ2) is 19.2. The van der Waals surface area contributed by atoms with Gasteiger partial charge in [-0.2, -0.15) is 52.7 Å². The second-order valence-electron chi connectivity index (χ2n) is 12.2. The number of carboxylic acids is 1. The maximum Gasteiger partial charge on any atom is 0.490 e. The monoisotopic (exact) mass is 888 g/mol. The van der Waals surface area contributed by atoms with Crippen LogP contribution < -0.4 is 10.8 Å². The Morgan fingerprint density at radius 3 is 1.61 bits per heavy atom. The number of hydrogen-bond acceptors (Lipinski definition) is 5. The Kier molecular flexibility index (Phi) is 15.8. The molecule has 7 nitrogen and oxygen atoms in total. The van der Waals surface area contributed by atoms with Crippen molar-refractivity contribution >= 4 is 40.4 Å². The fourth-order valence-corrected chi connectivity index (χ4v) is 5.64. The number of fused-ring (bicyclic) bond motifs is 2. The van der Waals surface area contributed by atoms with Gasteiger partial charge in [0.2, 0.25) is 0 Å². The number of aliphatic carboxylic acids is 1. The van der Waals surface area contributed by atoms with E-state index in [4.69, 9.17) is 19.9 Å². The second-order valence-corrected chi connectivity index (χ2v) is 13.1. The van der Waals surface area contributed by atoms with E-state index in [2.05, 4.69) is 33.4 Å². The van der Waals surface area contributed by atoms with E-state index in [1.54, 1.807) is 6.07 Å². The van der Waals surface area contributed by atoms with Crippen LogP contribution in [-0.4, -0.2) is 64.5 Å². The molecule has 0 saturated carbocycles. The first-order valence-electron chi connectivity index (χ1n) is 16.2. The van der Waals surface area contributed by atoms with Crippen molar-refractivity contribution in [2.45, 2.75) is 50.6 Å². The quantitative estimate of drug-likeness (QED) is 0.120. The van der Waals surface area contributed by atoms with Crippen molar-refractivity contribution in [3.8, 4) is 11.1 Å². The van der Waals surface area contributed by atoms with Crippen LogP contribution in [0.5, 0.6) is 0 Å². The van der Waals surface area contributed by atoms with Crippen LogP contribution >= 0.6 is 15.9 Å². The van der Waals surface area contributed by atoms with Crippen LogP contribution in [0.3, 0.4) is 0 Å². The Balaban J connectivity index is 0.000000215. The van der Waals surface area contributed by atoms with E-state index >= 15 is 0 Å². The molecule has 4 aromatic rings. The van der Waals surface area contributed by atoms with E-state index in [1.165, 1.54) is 23.3 Å². The van der Waals surface area contributed by atoms with Crippen LogP contribution in [0.1, 0.15) is 33.4 Å². The molecule has 1 amide bonds. The summed E-state index contributed by atoms with van der Waals surface area (Å²) in [5.74, 6) is -4.52. The number of halogens is 13. The van der Waals surface area contributed by atoms with Crippen LogP contribution in [-0.2, 0) is 47.9 Å². The van der Waals surface area contributed by atoms with Crippen molar-refractivity contribution in [2.75, 3.05) is 13.1 Å². The van der Waals surface area contributed by atoms with E-state index in [0.29, 0.717) is 6.42 Å². The summed E-state index contributed by atoms with van der Waals surface area (Å²) in [4.78, 5) is 20.8. The third-order valence-corrected chi connectivity index (χ3v) is 8.62. The minimum Gasteiger partial charge on any atom is -0.475 e. The average Bonchev–Trinajstić information content (AvgIpc) is 3.13. The fourth-order valence-electron chi connectivity index (χ4n) is 5.23. The minimum atomic E-state index is -5.08. The first-order valence-corrected chi connectivity index (χ1v) is 17.0. The van der Waals surface area contributed by atoms with E-state index < -0.39 is 54.8 Å². The van der Waals surface area contributed by atoms with Gasteiger partial charge in [-0.3, -0.25) is 4.79 Å². The Morgan fingerprint density at radius 2 is 1.12 bits per heavy atom. The molecule has 0 saturated heterocycles. The molecule has 4 aromatic carbocycles. The van der Waals surface area contributed by atoms with Gasteiger partial charge in [0.25, 0.3) is 0 Å². The topological polar surface area (TPSA) is 110 Å². The zero-order valence-electron chi connectivity index (χ0n) is 28.9. The highest BCUT2D eigenvalue weighted by Gasteiger charge is 2.43. The molecule has 0 unspecified atom stereocenters. The van der Waals surface area contributed by atoms with Crippen molar-refractivity contribution in [1.82, 2.24) is 10.2 Å². The third-order valence-electron chi connectivity index (χ3n) is 8.13. The van der Waals surface area contributed by atoms with E-state index in [1.807, 2.05) is 18.2 Å². The summed E-state index contributed by atoms with van der Waals surface area (Å²) in [6, 6.07) is 20.5. The van der Waals surface area contributed by atoms with Crippen LogP contribution in [0.2, 0.25) is 0 Å². The number of amides is 1. The van der Waals surface area contributed by atoms with Gasteiger partial charge >= 0.3 is 43.7 Å². The molecule has 308 valence electrons. The molecule has 0 aliphatic carbocycles. The third kappa shape index (κ3) is 14.4. The van der Waals surface area contributed by atoms with Gasteiger partial charge in [-0.25, -0.2) is 4.79 Å². The van der Waals surface area contributed by atoms with Crippen molar-refractivity contribution in [3.05, 3.63) is 123 Å². The number of carboxylic acid groups (broad SMARTS) is 1. The molecular weight excluding hydrogens is 859 g/mol. The van der Waals surface area contributed by atoms with Crippen molar-refractivity contribution in [3.63, 3.8) is 0 Å². The predicted octanol–water partition coefficient (Wildman–Crippen LogP) is 7.93. The molecule has 0 bridgehead atoms. The SMILES string of the molecule is FC(F)(F)c1ccc(-c2ccc3c(c2)CNCC3)cc1.O=C(N1CCc2ccc(Br)cc2C1)C(F)(F)F.O=C(O)C(F)(F)F.OB(O)c1ccc(C(F)(F)F)cc1. The molecule has 0 fully saturated rings. The van der Waals surface area contributed by atoms with Gasteiger partial charge in [-0.05, 0) is 88.6 Å². The zero-order valence-corrected chi connectivity index (χ0v) is 30.5. The lowest BCUT2D eigenvalue weighted by Crippen LogP contribution is -2.43. The fraction of sp³-hybridized carbons (Fsp3) is 0.278. The lowest BCUT2D eigenvalue weighted by molar-refractivity contribution is -0.192. The highest BCUT2D eigenvalue weighted by molar-refractivity contribution is 9.10. The maximum absolute atomic E-state index is 12.5. The molecule has 0 atom stereocenters. The number of carbonyl (C=O) groups excluding carboxylic acids is 1. The van der Waals surface area contributed by atoms with Gasteiger partial charge in [-0.1, -0.05) is 70.5 Å². The number of nitrogens with one attached hydrogen (secondary N) is 1. The first-order chi connectivity index (χ1) is 26.3. The highest BCUT2D eigenvalue weighted by atomic mass is 79.9. The Morgan fingerprint density at radius 1 is 0.632 bits per heavy atom. The van der Waals surface area contributed by atoms with Crippen LogP contribution in [0.25, 0.3) is 11.1 Å². The average molecular weight is 889 g/mol. The molecular formula is C36H30BBrF12N2O5. The van der Waals surface area contributed by atoms with Gasteiger partial charge in [0, 0.05) is 24.1 Å². The molecule has 21 heteroatoms. The molecule has 0 radical (unpaired) electrons. The molecule has 6 rings (SSSR count). The zero-order chi connectivity index (χ0) is 42.9. The number of nitrogens with zero attached hydrogens (tertiary/aromatic N) is 1.